The molecular formula is C37H55BrClN5O7. The number of likely N-dealkylation sites (N-methyl/N-ethyl adjacent to an activating group) is 3. The SMILES string of the molecule is C/C1=C\C[C@H](N(C)C(=O)[C@@H](NC(=O)OC(C)(C)C)C2CC2)C(=O)N[C@@H](CC(C)C)C(=O)N(C)[C@@H](Cc2cc(Cl)ccc2Br)C(=O)N(C)CCOC1. The number of nitrogens with one attached hydrogen (secondary N) is 2. The molecule has 1 aliphatic heterocycles. The van der Waals surface area contributed by atoms with Crippen LogP contribution in [0.25, 0.3) is 0 Å². The van der Waals surface area contributed by atoms with Gasteiger partial charge in [-0.15, -0.1) is 0 Å². The van der Waals surface area contributed by atoms with Crippen LogP contribution >= 0.6 is 27.5 Å². The molecule has 5 amide bonds. The Morgan fingerprint density at radius 1 is 1.16 bits per heavy atom. The third kappa shape index (κ3) is 12.8. The smallest absolute Gasteiger partial charge is 0.408 e. The van der Waals surface area contributed by atoms with Crippen LogP contribution in [0.4, 0.5) is 4.79 Å². The van der Waals surface area contributed by atoms with Gasteiger partial charge < -0.3 is 34.8 Å². The lowest BCUT2D eigenvalue weighted by molar-refractivity contribution is -0.147. The van der Waals surface area contributed by atoms with Crippen LogP contribution < -0.4 is 10.6 Å². The Morgan fingerprint density at radius 2 is 1.82 bits per heavy atom. The average molecular weight is 797 g/mol. The molecule has 1 aliphatic carbocycles. The third-order valence-electron chi connectivity index (χ3n) is 8.96. The number of halogens is 2. The number of hydrogen-bond acceptors (Lipinski definition) is 7. The van der Waals surface area contributed by atoms with Crippen molar-refractivity contribution in [1.82, 2.24) is 25.3 Å². The molecule has 0 radical (unpaired) electrons. The highest BCUT2D eigenvalue weighted by molar-refractivity contribution is 9.10. The lowest BCUT2D eigenvalue weighted by Crippen LogP contribution is -2.59. The molecule has 0 bridgehead atoms. The summed E-state index contributed by atoms with van der Waals surface area (Å²) in [5.74, 6) is -1.76. The number of carbonyl (C=O) groups excluding carboxylic acids is 5. The first-order chi connectivity index (χ1) is 23.8. The zero-order valence-electron chi connectivity index (χ0n) is 31.4. The highest BCUT2D eigenvalue weighted by atomic mass is 79.9. The van der Waals surface area contributed by atoms with Crippen molar-refractivity contribution in [2.75, 3.05) is 40.9 Å². The van der Waals surface area contributed by atoms with Crippen LogP contribution in [0.1, 0.15) is 72.8 Å². The molecule has 3 rings (SSSR count). The number of nitrogens with zero attached hydrogens (tertiary/aromatic N) is 3. The van der Waals surface area contributed by atoms with Gasteiger partial charge in [-0.25, -0.2) is 4.79 Å². The van der Waals surface area contributed by atoms with Crippen LogP contribution in [0.15, 0.2) is 34.3 Å². The second-order valence-electron chi connectivity index (χ2n) is 15.1. The molecule has 0 spiro atoms. The monoisotopic (exact) mass is 795 g/mol. The summed E-state index contributed by atoms with van der Waals surface area (Å²) in [7, 11) is 4.78. The minimum absolute atomic E-state index is 0.00604. The lowest BCUT2D eigenvalue weighted by atomic mass is 9.98. The van der Waals surface area contributed by atoms with E-state index in [1.54, 1.807) is 58.0 Å². The van der Waals surface area contributed by atoms with Crippen LogP contribution in [-0.4, -0.2) is 115 Å². The minimum atomic E-state index is -1.01. The fourth-order valence-corrected chi connectivity index (χ4v) is 6.49. The quantitative estimate of drug-likeness (QED) is 0.355. The summed E-state index contributed by atoms with van der Waals surface area (Å²) in [4.78, 5) is 73.6. The van der Waals surface area contributed by atoms with E-state index in [1.807, 2.05) is 26.8 Å². The maximum Gasteiger partial charge on any atom is 0.408 e. The lowest BCUT2D eigenvalue weighted by Gasteiger charge is -2.35. The normalized spacial score (nSPS) is 23.3. The standard InChI is InChI=1S/C37H55BrClN5O7/c1-22(2)18-28-33(46)44(9)30(20-25-19-26(39)13-14-27(25)38)34(47)42(7)16-17-50-21-23(3)10-15-29(32(45)40-28)43(8)35(48)31(24-11-12-24)41-36(49)51-37(4,5)6/h10,13-14,19,22,24,28-31H,11-12,15-18,20-21H2,1-9H3,(H,40,45)(H,41,49)/b23-10+/t28-,29-,30-,31-/m0/s1. The van der Waals surface area contributed by atoms with Gasteiger partial charge in [0.2, 0.25) is 23.6 Å². The number of rotatable bonds is 8. The zero-order valence-corrected chi connectivity index (χ0v) is 33.7. The molecule has 0 aromatic heterocycles. The van der Waals surface area contributed by atoms with Crippen molar-refractivity contribution in [3.8, 4) is 0 Å². The molecule has 1 aromatic carbocycles. The van der Waals surface area contributed by atoms with Crippen LogP contribution in [0.5, 0.6) is 0 Å². The average Bonchev–Trinajstić information content (AvgIpc) is 3.88. The molecule has 12 nitrogen and oxygen atoms in total. The Hall–Kier alpha value is -3.16. The maximum absolute atomic E-state index is 14.4. The molecule has 0 saturated heterocycles. The summed E-state index contributed by atoms with van der Waals surface area (Å²) in [6.07, 6.45) is 3.26. The van der Waals surface area contributed by atoms with Crippen molar-refractivity contribution in [2.24, 2.45) is 11.8 Å². The molecule has 1 heterocycles. The summed E-state index contributed by atoms with van der Waals surface area (Å²) in [5, 5.41) is 6.17. The van der Waals surface area contributed by atoms with E-state index >= 15 is 0 Å². The summed E-state index contributed by atoms with van der Waals surface area (Å²) in [5.41, 5.74) is 0.823. The van der Waals surface area contributed by atoms with Crippen LogP contribution in [-0.2, 0) is 35.1 Å². The predicted octanol–water partition coefficient (Wildman–Crippen LogP) is 4.96. The van der Waals surface area contributed by atoms with Crippen molar-refractivity contribution in [1.29, 1.82) is 0 Å². The van der Waals surface area contributed by atoms with Gasteiger partial charge in [-0.3, -0.25) is 19.2 Å². The van der Waals surface area contributed by atoms with Gasteiger partial charge in [-0.1, -0.05) is 53.0 Å². The van der Waals surface area contributed by atoms with Crippen molar-refractivity contribution in [3.63, 3.8) is 0 Å². The number of alkyl carbamates (subject to hydrolysis) is 1. The molecule has 1 fully saturated rings. The number of hydrogen-bond donors (Lipinski definition) is 2. The first kappa shape index (κ1) is 42.3. The first-order valence-electron chi connectivity index (χ1n) is 17.5. The van der Waals surface area contributed by atoms with Crippen molar-refractivity contribution < 1.29 is 33.4 Å². The van der Waals surface area contributed by atoms with Crippen LogP contribution in [0, 0.1) is 11.8 Å². The molecule has 2 N–H and O–H groups in total. The molecule has 0 unspecified atom stereocenters. The molecule has 2 aliphatic rings. The van der Waals surface area contributed by atoms with Gasteiger partial charge in [0.1, 0.15) is 29.8 Å². The number of amides is 5. The Bertz CT molecular complexity index is 1460. The maximum atomic E-state index is 14.4. The molecule has 51 heavy (non-hydrogen) atoms. The zero-order chi connectivity index (χ0) is 38.2. The van der Waals surface area contributed by atoms with Gasteiger partial charge in [0.25, 0.3) is 0 Å². The highest BCUT2D eigenvalue weighted by Crippen LogP contribution is 2.34. The predicted molar refractivity (Wildman–Crippen MR) is 200 cm³/mol. The summed E-state index contributed by atoms with van der Waals surface area (Å²) < 4.78 is 12.1. The Kier molecular flexibility index (Phi) is 15.4. The van der Waals surface area contributed by atoms with E-state index in [0.717, 1.165) is 28.5 Å². The van der Waals surface area contributed by atoms with Crippen LogP contribution in [0.3, 0.4) is 0 Å². The van der Waals surface area contributed by atoms with Gasteiger partial charge in [0, 0.05) is 43.6 Å². The van der Waals surface area contributed by atoms with E-state index in [9.17, 15) is 24.0 Å². The van der Waals surface area contributed by atoms with Crippen LogP contribution in [0.2, 0.25) is 5.02 Å². The van der Waals surface area contributed by atoms with Gasteiger partial charge >= 0.3 is 6.09 Å². The fourth-order valence-electron chi connectivity index (χ4n) is 5.89. The van der Waals surface area contributed by atoms with E-state index in [2.05, 4.69) is 26.6 Å². The van der Waals surface area contributed by atoms with Crippen molar-refractivity contribution in [2.45, 2.75) is 103 Å². The number of benzene rings is 1. The fraction of sp³-hybridized carbons (Fsp3) is 0.649. The second kappa shape index (κ2) is 18.6. The second-order valence-corrected chi connectivity index (χ2v) is 16.4. The summed E-state index contributed by atoms with van der Waals surface area (Å²) in [6, 6.07) is 1.49. The Morgan fingerprint density at radius 3 is 2.43 bits per heavy atom. The molecule has 1 saturated carbocycles. The molecule has 14 heteroatoms. The largest absolute Gasteiger partial charge is 0.444 e. The molecule has 1 aromatic rings. The molecular weight excluding hydrogens is 742 g/mol. The number of ether oxygens (including phenoxy) is 2. The highest BCUT2D eigenvalue weighted by Gasteiger charge is 2.42. The topological polar surface area (TPSA) is 138 Å². The van der Waals surface area contributed by atoms with E-state index in [0.29, 0.717) is 18.0 Å². The van der Waals surface area contributed by atoms with E-state index in [-0.39, 0.29) is 43.8 Å². The van der Waals surface area contributed by atoms with E-state index in [1.165, 1.54) is 16.8 Å². The summed E-state index contributed by atoms with van der Waals surface area (Å²) >= 11 is 9.87. The number of carbonyl (C=O) groups is 5. The van der Waals surface area contributed by atoms with E-state index < -0.39 is 53.6 Å². The van der Waals surface area contributed by atoms with Crippen molar-refractivity contribution >= 4 is 57.3 Å². The third-order valence-corrected chi connectivity index (χ3v) is 9.97. The van der Waals surface area contributed by atoms with E-state index in [4.69, 9.17) is 21.1 Å². The Labute approximate surface area is 316 Å². The minimum Gasteiger partial charge on any atom is -0.444 e. The van der Waals surface area contributed by atoms with Gasteiger partial charge in [-0.05, 0) is 89.0 Å². The van der Waals surface area contributed by atoms with Gasteiger partial charge in [0.05, 0.1) is 13.2 Å². The van der Waals surface area contributed by atoms with Gasteiger partial charge in [-0.2, -0.15) is 0 Å². The molecule has 4 atom stereocenters. The van der Waals surface area contributed by atoms with Crippen molar-refractivity contribution in [3.05, 3.63) is 44.9 Å². The Balaban J connectivity index is 1.99. The van der Waals surface area contributed by atoms with Gasteiger partial charge in [0.15, 0.2) is 0 Å². The first-order valence-corrected chi connectivity index (χ1v) is 18.7. The summed E-state index contributed by atoms with van der Waals surface area (Å²) in [6.45, 7) is 11.8. The molecule has 284 valence electrons.